The van der Waals surface area contributed by atoms with Crippen LogP contribution >= 0.6 is 34.4 Å². The fraction of sp³-hybridized carbons (Fsp3) is 0.200. The van der Waals surface area contributed by atoms with Gasteiger partial charge in [-0.1, -0.05) is 22.7 Å². The maximum Gasteiger partial charge on any atom is 0.275 e. The monoisotopic (exact) mass is 311 g/mol. The van der Waals surface area contributed by atoms with Gasteiger partial charge < -0.3 is 5.73 Å². The number of nitrogens with zero attached hydrogens (tertiary/aromatic N) is 4. The zero-order chi connectivity index (χ0) is 13.4. The highest BCUT2D eigenvalue weighted by Gasteiger charge is 2.09. The van der Waals surface area contributed by atoms with E-state index in [9.17, 15) is 4.79 Å². The molecule has 3 aromatic heterocycles. The maximum atomic E-state index is 11.8. The van der Waals surface area contributed by atoms with E-state index in [-0.39, 0.29) is 5.56 Å². The van der Waals surface area contributed by atoms with Crippen LogP contribution in [0.25, 0.3) is 4.96 Å². The van der Waals surface area contributed by atoms with Crippen molar-refractivity contribution >= 4 is 44.5 Å². The van der Waals surface area contributed by atoms with Crippen LogP contribution in [0.3, 0.4) is 0 Å². The minimum absolute atomic E-state index is 0.151. The molecule has 0 amide bonds. The highest BCUT2D eigenvalue weighted by molar-refractivity contribution is 8.00. The molecule has 2 N–H and O–H groups in total. The molecule has 0 bridgehead atoms. The van der Waals surface area contributed by atoms with E-state index >= 15 is 0 Å². The molecular formula is C10H9N5OS3. The Morgan fingerprint density at radius 2 is 2.32 bits per heavy atom. The number of thiazole rings is 1. The Kier molecular flexibility index (Phi) is 3.25. The number of aryl methyl sites for hydroxylation is 1. The lowest BCUT2D eigenvalue weighted by Gasteiger charge is -1.99. The molecule has 0 saturated carbocycles. The summed E-state index contributed by atoms with van der Waals surface area (Å²) in [5.41, 5.74) is 8.77. The van der Waals surface area contributed by atoms with Gasteiger partial charge in [-0.15, -0.1) is 11.8 Å². The van der Waals surface area contributed by atoms with Gasteiger partial charge >= 0.3 is 0 Å². The zero-order valence-electron chi connectivity index (χ0n) is 9.86. The second-order valence-electron chi connectivity index (χ2n) is 3.73. The van der Waals surface area contributed by atoms with Gasteiger partial charge in [-0.05, 0) is 6.92 Å². The number of hydrogen-bond donors (Lipinski definition) is 1. The van der Waals surface area contributed by atoms with Gasteiger partial charge in [0.25, 0.3) is 5.56 Å². The normalized spacial score (nSPS) is 11.2. The van der Waals surface area contributed by atoms with Crippen molar-refractivity contribution in [1.82, 2.24) is 19.6 Å². The molecule has 0 aliphatic carbocycles. The molecule has 3 heterocycles. The Balaban J connectivity index is 1.85. The first kappa shape index (κ1) is 12.6. The number of hydrogen-bond acceptors (Lipinski definition) is 8. The Hall–Kier alpha value is -1.45. The summed E-state index contributed by atoms with van der Waals surface area (Å²) in [5.74, 6) is 0.617. The van der Waals surface area contributed by atoms with Gasteiger partial charge in [-0.3, -0.25) is 4.79 Å². The largest absolute Gasteiger partial charge is 0.375 e. The minimum Gasteiger partial charge on any atom is -0.375 e. The molecule has 3 rings (SSSR count). The predicted molar refractivity (Wildman–Crippen MR) is 78.0 cm³/mol. The number of rotatable bonds is 3. The fourth-order valence-corrected chi connectivity index (χ4v) is 4.11. The summed E-state index contributed by atoms with van der Waals surface area (Å²) in [6.07, 6.45) is 0. The SMILES string of the molecule is Cc1nc(N)sc1SCc1cc(=O)n2ncsc2n1. The van der Waals surface area contributed by atoms with Crippen molar-refractivity contribution in [1.29, 1.82) is 0 Å². The van der Waals surface area contributed by atoms with E-state index in [2.05, 4.69) is 15.1 Å². The van der Waals surface area contributed by atoms with Crippen LogP contribution in [0.5, 0.6) is 0 Å². The molecule has 0 aliphatic heterocycles. The van der Waals surface area contributed by atoms with Crippen LogP contribution < -0.4 is 11.3 Å². The maximum absolute atomic E-state index is 11.8. The molecule has 0 aromatic carbocycles. The average Bonchev–Trinajstić information content (AvgIpc) is 2.93. The Bertz CT molecular complexity index is 790. The van der Waals surface area contributed by atoms with Gasteiger partial charge in [0.2, 0.25) is 4.96 Å². The first-order chi connectivity index (χ1) is 9.13. The lowest BCUT2D eigenvalue weighted by Crippen LogP contribution is -2.14. The van der Waals surface area contributed by atoms with Crippen molar-refractivity contribution in [3.05, 3.63) is 33.3 Å². The summed E-state index contributed by atoms with van der Waals surface area (Å²) >= 11 is 4.39. The summed E-state index contributed by atoms with van der Waals surface area (Å²) in [7, 11) is 0. The molecule has 0 spiro atoms. The average molecular weight is 311 g/mol. The Morgan fingerprint density at radius 3 is 3.05 bits per heavy atom. The first-order valence-electron chi connectivity index (χ1n) is 5.31. The Morgan fingerprint density at radius 1 is 1.47 bits per heavy atom. The van der Waals surface area contributed by atoms with E-state index in [1.807, 2.05) is 6.92 Å². The number of anilines is 1. The van der Waals surface area contributed by atoms with Crippen LogP contribution in [-0.4, -0.2) is 19.6 Å². The molecule has 0 atom stereocenters. The minimum atomic E-state index is -0.151. The summed E-state index contributed by atoms with van der Waals surface area (Å²) in [5, 5.41) is 4.49. The number of fused-ring (bicyclic) bond motifs is 1. The molecular weight excluding hydrogens is 302 g/mol. The van der Waals surface area contributed by atoms with Crippen LogP contribution in [0.4, 0.5) is 5.13 Å². The van der Waals surface area contributed by atoms with Gasteiger partial charge in [0, 0.05) is 11.8 Å². The quantitative estimate of drug-likeness (QED) is 0.742. The zero-order valence-corrected chi connectivity index (χ0v) is 12.3. The highest BCUT2D eigenvalue weighted by atomic mass is 32.2. The number of nitrogen functional groups attached to an aromatic ring is 1. The van der Waals surface area contributed by atoms with Crippen molar-refractivity contribution in [2.45, 2.75) is 16.9 Å². The van der Waals surface area contributed by atoms with Crippen molar-refractivity contribution in [2.24, 2.45) is 0 Å². The first-order valence-corrected chi connectivity index (χ1v) is 8.00. The summed E-state index contributed by atoms with van der Waals surface area (Å²) in [4.78, 5) is 20.9. The molecule has 3 aromatic rings. The smallest absolute Gasteiger partial charge is 0.275 e. The number of thioether (sulfide) groups is 1. The van der Waals surface area contributed by atoms with E-state index < -0.39 is 0 Å². The van der Waals surface area contributed by atoms with Gasteiger partial charge in [-0.2, -0.15) is 9.61 Å². The summed E-state index contributed by atoms with van der Waals surface area (Å²) < 4.78 is 2.36. The van der Waals surface area contributed by atoms with Gasteiger partial charge in [-0.25, -0.2) is 9.97 Å². The number of aromatic nitrogens is 4. The highest BCUT2D eigenvalue weighted by Crippen LogP contribution is 2.32. The van der Waals surface area contributed by atoms with Gasteiger partial charge in [0.15, 0.2) is 5.13 Å². The third kappa shape index (κ3) is 2.48. The molecule has 19 heavy (non-hydrogen) atoms. The van der Waals surface area contributed by atoms with Crippen LogP contribution in [0.1, 0.15) is 11.4 Å². The standard InChI is InChI=1S/C10H9N5OS3/c1-5-8(19-9(11)13-5)17-3-6-2-7(16)15-10(14-6)18-4-12-15/h2,4H,3H2,1H3,(H2,11,13). The second-order valence-corrected chi connectivity index (χ2v) is 6.82. The third-order valence-electron chi connectivity index (χ3n) is 2.36. The Labute approximate surface area is 120 Å². The van der Waals surface area contributed by atoms with Crippen molar-refractivity contribution in [3.8, 4) is 0 Å². The van der Waals surface area contributed by atoms with E-state index in [0.717, 1.165) is 15.6 Å². The topological polar surface area (TPSA) is 86.2 Å². The van der Waals surface area contributed by atoms with Gasteiger partial charge in [0.1, 0.15) is 5.51 Å². The van der Waals surface area contributed by atoms with E-state index in [0.29, 0.717) is 15.8 Å². The summed E-state index contributed by atoms with van der Waals surface area (Å²) in [6.45, 7) is 1.92. The molecule has 0 aliphatic rings. The molecule has 0 unspecified atom stereocenters. The molecule has 0 radical (unpaired) electrons. The molecule has 0 saturated heterocycles. The lowest BCUT2D eigenvalue weighted by molar-refractivity contribution is 0.888. The number of nitrogens with two attached hydrogens (primary N) is 1. The van der Waals surface area contributed by atoms with Gasteiger partial charge in [0.05, 0.1) is 15.6 Å². The van der Waals surface area contributed by atoms with Crippen molar-refractivity contribution < 1.29 is 0 Å². The fourth-order valence-electron chi connectivity index (χ4n) is 1.55. The van der Waals surface area contributed by atoms with Crippen LogP contribution in [0, 0.1) is 6.92 Å². The van der Waals surface area contributed by atoms with E-state index in [1.165, 1.54) is 33.3 Å². The van der Waals surface area contributed by atoms with E-state index in [4.69, 9.17) is 5.73 Å². The van der Waals surface area contributed by atoms with Crippen LogP contribution in [0.15, 0.2) is 20.6 Å². The molecule has 6 nitrogen and oxygen atoms in total. The molecule has 9 heteroatoms. The lowest BCUT2D eigenvalue weighted by atomic mass is 10.4. The van der Waals surface area contributed by atoms with Crippen LogP contribution in [0.2, 0.25) is 0 Å². The van der Waals surface area contributed by atoms with E-state index in [1.54, 1.807) is 17.3 Å². The molecule has 98 valence electrons. The summed E-state index contributed by atoms with van der Waals surface area (Å²) in [6, 6.07) is 1.51. The third-order valence-corrected chi connectivity index (χ3v) is 5.42. The van der Waals surface area contributed by atoms with Crippen LogP contribution in [-0.2, 0) is 5.75 Å². The molecule has 0 fully saturated rings. The van der Waals surface area contributed by atoms with Crippen molar-refractivity contribution in [3.63, 3.8) is 0 Å². The second kappa shape index (κ2) is 4.91. The van der Waals surface area contributed by atoms with Crippen molar-refractivity contribution in [2.75, 3.05) is 5.73 Å². The predicted octanol–water partition coefficient (Wildman–Crippen LogP) is 1.79.